The first kappa shape index (κ1) is 20.2. The molecule has 0 aromatic heterocycles. The highest BCUT2D eigenvalue weighted by Crippen LogP contribution is 2.27. The zero-order valence-electron chi connectivity index (χ0n) is 14.2. The molecule has 1 fully saturated rings. The van der Waals surface area contributed by atoms with Crippen molar-refractivity contribution in [2.24, 2.45) is 11.7 Å². The molecule has 1 atom stereocenters. The van der Waals surface area contributed by atoms with E-state index in [-0.39, 0.29) is 16.7 Å². The molecule has 7 nitrogen and oxygen atoms in total. The Morgan fingerprint density at radius 2 is 2.24 bits per heavy atom. The van der Waals surface area contributed by atoms with Gasteiger partial charge in [-0.3, -0.25) is 4.79 Å². The average Bonchev–Trinajstić information content (AvgIpc) is 2.59. The lowest BCUT2D eigenvalue weighted by atomic mass is 9.97. The van der Waals surface area contributed by atoms with Crippen LogP contribution >= 0.6 is 15.9 Å². The third kappa shape index (κ3) is 5.67. The SMILES string of the molecule is COc1ccc(S(=O)(=O)NCCCN2CCCC(C(N)=O)C2)cc1Br. The molecule has 0 aliphatic carbocycles. The fourth-order valence-corrected chi connectivity index (χ4v) is 4.69. The minimum atomic E-state index is -3.56. The number of piperidine rings is 1. The number of rotatable bonds is 8. The molecule has 1 aliphatic heterocycles. The van der Waals surface area contributed by atoms with Gasteiger partial charge in [0.1, 0.15) is 5.75 Å². The maximum absolute atomic E-state index is 12.3. The van der Waals surface area contributed by atoms with Crippen LogP contribution in [0.4, 0.5) is 0 Å². The summed E-state index contributed by atoms with van der Waals surface area (Å²) >= 11 is 3.29. The highest BCUT2D eigenvalue weighted by atomic mass is 79.9. The number of carbonyl (C=O) groups excluding carboxylic acids is 1. The van der Waals surface area contributed by atoms with Crippen LogP contribution in [0, 0.1) is 5.92 Å². The van der Waals surface area contributed by atoms with Crippen LogP contribution < -0.4 is 15.2 Å². The minimum Gasteiger partial charge on any atom is -0.496 e. The van der Waals surface area contributed by atoms with Crippen molar-refractivity contribution in [3.05, 3.63) is 22.7 Å². The highest BCUT2D eigenvalue weighted by Gasteiger charge is 2.23. The van der Waals surface area contributed by atoms with Gasteiger partial charge >= 0.3 is 0 Å². The fourth-order valence-electron chi connectivity index (χ4n) is 2.90. The van der Waals surface area contributed by atoms with Gasteiger partial charge in [-0.2, -0.15) is 0 Å². The van der Waals surface area contributed by atoms with Crippen LogP contribution in [0.25, 0.3) is 0 Å². The van der Waals surface area contributed by atoms with Gasteiger partial charge in [-0.25, -0.2) is 13.1 Å². The Kier molecular flexibility index (Phi) is 7.24. The molecule has 1 unspecified atom stereocenters. The number of likely N-dealkylation sites (tertiary alicyclic amines) is 1. The molecule has 3 N–H and O–H groups in total. The standard InChI is InChI=1S/C16H24BrN3O4S/c1-24-15-6-5-13(10-14(15)17)25(22,23)19-7-3-9-20-8-2-4-12(11-20)16(18)21/h5-6,10,12,19H,2-4,7-9,11H2,1H3,(H2,18,21). The number of primary amides is 1. The van der Waals surface area contributed by atoms with E-state index < -0.39 is 10.0 Å². The van der Waals surface area contributed by atoms with Gasteiger partial charge in [0.2, 0.25) is 15.9 Å². The molecule has 0 saturated carbocycles. The van der Waals surface area contributed by atoms with Crippen molar-refractivity contribution in [3.63, 3.8) is 0 Å². The number of nitrogens with two attached hydrogens (primary N) is 1. The molecule has 0 bridgehead atoms. The molecule has 9 heteroatoms. The van der Waals surface area contributed by atoms with Gasteiger partial charge in [0.15, 0.2) is 0 Å². The lowest BCUT2D eigenvalue weighted by Crippen LogP contribution is -2.42. The molecule has 140 valence electrons. The summed E-state index contributed by atoms with van der Waals surface area (Å²) in [6.07, 6.45) is 2.45. The summed E-state index contributed by atoms with van der Waals surface area (Å²) in [6, 6.07) is 4.63. The maximum Gasteiger partial charge on any atom is 0.240 e. The van der Waals surface area contributed by atoms with Crippen molar-refractivity contribution in [2.45, 2.75) is 24.2 Å². The summed E-state index contributed by atoms with van der Waals surface area (Å²) in [4.78, 5) is 13.6. The molecule has 2 rings (SSSR count). The van der Waals surface area contributed by atoms with Crippen molar-refractivity contribution < 1.29 is 17.9 Å². The number of nitrogens with zero attached hydrogens (tertiary/aromatic N) is 1. The van der Waals surface area contributed by atoms with Gasteiger partial charge in [0.05, 0.1) is 22.4 Å². The normalized spacial score (nSPS) is 18.9. The van der Waals surface area contributed by atoms with E-state index in [1.807, 2.05) is 0 Å². The van der Waals surface area contributed by atoms with E-state index in [0.29, 0.717) is 29.7 Å². The van der Waals surface area contributed by atoms with E-state index in [2.05, 4.69) is 25.6 Å². The predicted molar refractivity (Wildman–Crippen MR) is 98.9 cm³/mol. The van der Waals surface area contributed by atoms with Crippen molar-refractivity contribution >= 4 is 31.9 Å². The van der Waals surface area contributed by atoms with Gasteiger partial charge in [-0.15, -0.1) is 0 Å². The smallest absolute Gasteiger partial charge is 0.240 e. The molecular formula is C16H24BrN3O4S. The minimum absolute atomic E-state index is 0.0953. The number of hydrogen-bond donors (Lipinski definition) is 2. The molecule has 1 saturated heterocycles. The molecule has 1 aliphatic rings. The Morgan fingerprint density at radius 3 is 2.88 bits per heavy atom. The first-order chi connectivity index (χ1) is 11.8. The first-order valence-corrected chi connectivity index (χ1v) is 10.5. The van der Waals surface area contributed by atoms with E-state index >= 15 is 0 Å². The maximum atomic E-state index is 12.3. The van der Waals surface area contributed by atoms with E-state index in [4.69, 9.17) is 10.5 Å². The van der Waals surface area contributed by atoms with Crippen LogP contribution in [0.5, 0.6) is 5.75 Å². The third-order valence-electron chi connectivity index (χ3n) is 4.28. The molecular weight excluding hydrogens is 410 g/mol. The summed E-state index contributed by atoms with van der Waals surface area (Å²) in [7, 11) is -2.04. The summed E-state index contributed by atoms with van der Waals surface area (Å²) in [5, 5.41) is 0. The average molecular weight is 434 g/mol. The molecule has 1 amide bonds. The summed E-state index contributed by atoms with van der Waals surface area (Å²) in [5.41, 5.74) is 5.37. The van der Waals surface area contributed by atoms with Gasteiger partial charge in [0.25, 0.3) is 0 Å². The second-order valence-corrected chi connectivity index (χ2v) is 8.71. The molecule has 0 radical (unpaired) electrons. The summed E-state index contributed by atoms with van der Waals surface area (Å²) in [5.74, 6) is 0.227. The zero-order valence-corrected chi connectivity index (χ0v) is 16.6. The Morgan fingerprint density at radius 1 is 1.48 bits per heavy atom. The van der Waals surface area contributed by atoms with Crippen LogP contribution in [0.15, 0.2) is 27.6 Å². The van der Waals surface area contributed by atoms with E-state index in [9.17, 15) is 13.2 Å². The van der Waals surface area contributed by atoms with Crippen LogP contribution in [0.3, 0.4) is 0 Å². The van der Waals surface area contributed by atoms with Crippen molar-refractivity contribution in [1.29, 1.82) is 0 Å². The van der Waals surface area contributed by atoms with Crippen molar-refractivity contribution in [1.82, 2.24) is 9.62 Å². The first-order valence-electron chi connectivity index (χ1n) is 8.18. The number of nitrogens with one attached hydrogen (secondary N) is 1. The van der Waals surface area contributed by atoms with Gasteiger partial charge in [-0.05, 0) is 66.5 Å². The van der Waals surface area contributed by atoms with Gasteiger partial charge in [-0.1, -0.05) is 0 Å². The Labute approximate surface area is 157 Å². The molecule has 0 spiro atoms. The number of halogens is 1. The Hall–Kier alpha value is -1.16. The fraction of sp³-hybridized carbons (Fsp3) is 0.562. The molecule has 1 heterocycles. The number of hydrogen-bond acceptors (Lipinski definition) is 5. The topological polar surface area (TPSA) is 102 Å². The summed E-state index contributed by atoms with van der Waals surface area (Å²) < 4.78 is 33.0. The number of sulfonamides is 1. The number of amides is 1. The quantitative estimate of drug-likeness (QED) is 0.601. The van der Waals surface area contributed by atoms with Crippen molar-refractivity contribution in [2.75, 3.05) is 33.3 Å². The summed E-state index contributed by atoms with van der Waals surface area (Å²) in [6.45, 7) is 2.65. The van der Waals surface area contributed by atoms with E-state index in [0.717, 1.165) is 25.9 Å². The predicted octanol–water partition coefficient (Wildman–Crippen LogP) is 1.32. The van der Waals surface area contributed by atoms with E-state index in [1.165, 1.54) is 19.2 Å². The molecule has 1 aromatic rings. The number of carbonyl (C=O) groups is 1. The van der Waals surface area contributed by atoms with E-state index in [1.54, 1.807) is 6.07 Å². The Bertz CT molecular complexity index is 711. The van der Waals surface area contributed by atoms with Crippen LogP contribution in [0.1, 0.15) is 19.3 Å². The molecule has 1 aromatic carbocycles. The van der Waals surface area contributed by atoms with Gasteiger partial charge < -0.3 is 15.4 Å². The molecule has 25 heavy (non-hydrogen) atoms. The Balaban J connectivity index is 1.82. The number of methoxy groups -OCH3 is 1. The number of ether oxygens (including phenoxy) is 1. The highest BCUT2D eigenvalue weighted by molar-refractivity contribution is 9.10. The zero-order chi connectivity index (χ0) is 18.4. The number of benzene rings is 1. The lowest BCUT2D eigenvalue weighted by Gasteiger charge is -2.31. The lowest BCUT2D eigenvalue weighted by molar-refractivity contribution is -0.123. The van der Waals surface area contributed by atoms with Crippen LogP contribution in [-0.4, -0.2) is 52.5 Å². The second-order valence-electron chi connectivity index (χ2n) is 6.09. The van der Waals surface area contributed by atoms with Crippen LogP contribution in [-0.2, 0) is 14.8 Å². The third-order valence-corrected chi connectivity index (χ3v) is 6.36. The van der Waals surface area contributed by atoms with Crippen LogP contribution in [0.2, 0.25) is 0 Å². The largest absolute Gasteiger partial charge is 0.496 e. The van der Waals surface area contributed by atoms with Crippen molar-refractivity contribution in [3.8, 4) is 5.75 Å². The monoisotopic (exact) mass is 433 g/mol. The second kappa shape index (κ2) is 8.98. The van der Waals surface area contributed by atoms with Gasteiger partial charge in [0, 0.05) is 13.1 Å².